The van der Waals surface area contributed by atoms with Gasteiger partial charge in [-0.15, -0.1) is 0 Å². The summed E-state index contributed by atoms with van der Waals surface area (Å²) in [6.45, 7) is 8.56. The van der Waals surface area contributed by atoms with Gasteiger partial charge < -0.3 is 5.32 Å². The van der Waals surface area contributed by atoms with E-state index in [4.69, 9.17) is 0 Å². The summed E-state index contributed by atoms with van der Waals surface area (Å²) in [5.41, 5.74) is 0.242. The van der Waals surface area contributed by atoms with Crippen LogP contribution in [0.5, 0.6) is 0 Å². The standard InChI is InChI=1S/C14H21FN2O3/c1-7(8(2)10(4)15)9(3)13(19)16-11-5-6-12(18)17-14(11)20/h7-8,10-11H,3,5-6H2,1-2,4H3,(H,16,19)(H,17,18,20)/t7?,8-,10-,11?/m0/s1. The van der Waals surface area contributed by atoms with Gasteiger partial charge in [-0.25, -0.2) is 4.39 Å². The Morgan fingerprint density at radius 1 is 1.40 bits per heavy atom. The van der Waals surface area contributed by atoms with Crippen LogP contribution in [0.3, 0.4) is 0 Å². The van der Waals surface area contributed by atoms with E-state index in [1.807, 2.05) is 0 Å². The summed E-state index contributed by atoms with van der Waals surface area (Å²) in [6, 6.07) is -0.734. The predicted octanol–water partition coefficient (Wildman–Crippen LogP) is 1.09. The first-order valence-corrected chi connectivity index (χ1v) is 6.71. The molecule has 5 nitrogen and oxygen atoms in total. The Morgan fingerprint density at radius 3 is 2.50 bits per heavy atom. The molecule has 1 aliphatic heterocycles. The van der Waals surface area contributed by atoms with Crippen LogP contribution in [0.4, 0.5) is 4.39 Å². The zero-order valence-electron chi connectivity index (χ0n) is 12.0. The number of hydrogen-bond acceptors (Lipinski definition) is 3. The van der Waals surface area contributed by atoms with Crippen molar-refractivity contribution in [2.45, 2.75) is 45.8 Å². The van der Waals surface area contributed by atoms with Gasteiger partial charge in [0, 0.05) is 12.0 Å². The lowest BCUT2D eigenvalue weighted by Gasteiger charge is -2.26. The molecule has 0 aromatic carbocycles. The number of halogens is 1. The average Bonchev–Trinajstić information content (AvgIpc) is 2.39. The summed E-state index contributed by atoms with van der Waals surface area (Å²) in [5, 5.41) is 4.70. The van der Waals surface area contributed by atoms with Gasteiger partial charge in [0.2, 0.25) is 17.7 Å². The fourth-order valence-electron chi connectivity index (χ4n) is 2.00. The molecule has 1 rings (SSSR count). The highest BCUT2D eigenvalue weighted by Gasteiger charge is 2.30. The number of carbonyl (C=O) groups excluding carboxylic acids is 3. The van der Waals surface area contributed by atoms with Crippen molar-refractivity contribution in [1.82, 2.24) is 10.6 Å². The van der Waals surface area contributed by atoms with Gasteiger partial charge in [-0.2, -0.15) is 0 Å². The third-order valence-electron chi connectivity index (χ3n) is 3.90. The van der Waals surface area contributed by atoms with Gasteiger partial charge in [-0.3, -0.25) is 19.7 Å². The Morgan fingerprint density at radius 2 is 2.00 bits per heavy atom. The van der Waals surface area contributed by atoms with E-state index in [9.17, 15) is 18.8 Å². The largest absolute Gasteiger partial charge is 0.341 e. The van der Waals surface area contributed by atoms with E-state index in [2.05, 4.69) is 17.2 Å². The van der Waals surface area contributed by atoms with Gasteiger partial charge in [-0.1, -0.05) is 20.4 Å². The Bertz CT molecular complexity index is 434. The maximum atomic E-state index is 13.3. The zero-order chi connectivity index (χ0) is 15.4. The molecule has 6 heteroatoms. The molecule has 1 saturated heterocycles. The molecule has 1 heterocycles. The molecule has 4 atom stereocenters. The van der Waals surface area contributed by atoms with Crippen LogP contribution in [0.15, 0.2) is 12.2 Å². The maximum absolute atomic E-state index is 13.3. The summed E-state index contributed by atoms with van der Waals surface area (Å²) in [6.07, 6.45) is -0.589. The quantitative estimate of drug-likeness (QED) is 0.586. The summed E-state index contributed by atoms with van der Waals surface area (Å²) >= 11 is 0. The van der Waals surface area contributed by atoms with E-state index in [1.165, 1.54) is 6.92 Å². The fraction of sp³-hybridized carbons (Fsp3) is 0.643. The molecule has 112 valence electrons. The molecular formula is C14H21FN2O3. The fourth-order valence-corrected chi connectivity index (χ4v) is 2.00. The summed E-state index contributed by atoms with van der Waals surface area (Å²) in [4.78, 5) is 34.6. The molecule has 1 fully saturated rings. The number of amides is 3. The number of carbonyl (C=O) groups is 3. The molecule has 0 bridgehead atoms. The molecule has 3 amide bonds. The van der Waals surface area contributed by atoms with Crippen molar-refractivity contribution in [3.8, 4) is 0 Å². The number of alkyl halides is 1. The molecule has 0 aliphatic carbocycles. The minimum Gasteiger partial charge on any atom is -0.341 e. The van der Waals surface area contributed by atoms with Crippen molar-refractivity contribution >= 4 is 17.7 Å². The van der Waals surface area contributed by atoms with Crippen LogP contribution in [0, 0.1) is 11.8 Å². The van der Waals surface area contributed by atoms with Crippen molar-refractivity contribution in [3.05, 3.63) is 12.2 Å². The monoisotopic (exact) mass is 284 g/mol. The molecule has 0 saturated carbocycles. The summed E-state index contributed by atoms with van der Waals surface area (Å²) in [7, 11) is 0. The van der Waals surface area contributed by atoms with Gasteiger partial charge in [-0.05, 0) is 25.2 Å². The first-order chi connectivity index (χ1) is 9.23. The molecular weight excluding hydrogens is 263 g/mol. The third-order valence-corrected chi connectivity index (χ3v) is 3.90. The number of nitrogens with one attached hydrogen (secondary N) is 2. The van der Waals surface area contributed by atoms with Crippen LogP contribution in [0.2, 0.25) is 0 Å². The van der Waals surface area contributed by atoms with E-state index in [-0.39, 0.29) is 36.2 Å². The van der Waals surface area contributed by atoms with Crippen molar-refractivity contribution in [1.29, 1.82) is 0 Å². The van der Waals surface area contributed by atoms with Crippen LogP contribution in [0.1, 0.15) is 33.6 Å². The molecule has 1 aliphatic rings. The van der Waals surface area contributed by atoms with Gasteiger partial charge in [0.15, 0.2) is 0 Å². The van der Waals surface area contributed by atoms with Crippen molar-refractivity contribution in [2.75, 3.05) is 0 Å². The molecule has 0 radical (unpaired) electrons. The first-order valence-electron chi connectivity index (χ1n) is 6.71. The third kappa shape index (κ3) is 3.88. The second-order valence-electron chi connectivity index (χ2n) is 5.33. The molecule has 0 aromatic rings. The number of rotatable bonds is 5. The molecule has 0 spiro atoms. The second-order valence-corrected chi connectivity index (χ2v) is 5.33. The normalized spacial score (nSPS) is 23.5. The smallest absolute Gasteiger partial charge is 0.249 e. The lowest BCUT2D eigenvalue weighted by Crippen LogP contribution is -2.52. The zero-order valence-corrected chi connectivity index (χ0v) is 12.0. The van der Waals surface area contributed by atoms with Gasteiger partial charge in [0.05, 0.1) is 0 Å². The van der Waals surface area contributed by atoms with Crippen molar-refractivity contribution in [3.63, 3.8) is 0 Å². The SMILES string of the molecule is C=C(C(=O)NC1CCC(=O)NC1=O)C(C)[C@H](C)[C@H](C)F. The van der Waals surface area contributed by atoms with Crippen LogP contribution in [-0.4, -0.2) is 29.9 Å². The van der Waals surface area contributed by atoms with Gasteiger partial charge in [0.1, 0.15) is 12.2 Å². The van der Waals surface area contributed by atoms with E-state index < -0.39 is 24.0 Å². The second kappa shape index (κ2) is 6.63. The average molecular weight is 284 g/mol. The summed E-state index contributed by atoms with van der Waals surface area (Å²) in [5.74, 6) is -1.99. The van der Waals surface area contributed by atoms with Crippen LogP contribution < -0.4 is 10.6 Å². The minimum absolute atomic E-state index is 0.191. The first kappa shape index (κ1) is 16.3. The van der Waals surface area contributed by atoms with E-state index in [0.29, 0.717) is 0 Å². The lowest BCUT2D eigenvalue weighted by atomic mass is 9.86. The number of hydrogen-bond donors (Lipinski definition) is 2. The molecule has 2 unspecified atom stereocenters. The van der Waals surface area contributed by atoms with Gasteiger partial charge >= 0.3 is 0 Å². The van der Waals surface area contributed by atoms with E-state index in [1.54, 1.807) is 13.8 Å². The Balaban J connectivity index is 2.60. The van der Waals surface area contributed by atoms with Crippen LogP contribution >= 0.6 is 0 Å². The van der Waals surface area contributed by atoms with E-state index >= 15 is 0 Å². The van der Waals surface area contributed by atoms with Crippen molar-refractivity contribution < 1.29 is 18.8 Å². The predicted molar refractivity (Wildman–Crippen MR) is 72.4 cm³/mol. The van der Waals surface area contributed by atoms with Crippen LogP contribution in [0.25, 0.3) is 0 Å². The molecule has 20 heavy (non-hydrogen) atoms. The lowest BCUT2D eigenvalue weighted by molar-refractivity contribution is -0.136. The highest BCUT2D eigenvalue weighted by atomic mass is 19.1. The topological polar surface area (TPSA) is 75.3 Å². The summed E-state index contributed by atoms with van der Waals surface area (Å²) < 4.78 is 13.3. The number of piperidine rings is 1. The molecule has 0 aromatic heterocycles. The van der Waals surface area contributed by atoms with Crippen molar-refractivity contribution in [2.24, 2.45) is 11.8 Å². The van der Waals surface area contributed by atoms with E-state index in [0.717, 1.165) is 0 Å². The number of imide groups is 1. The Hall–Kier alpha value is -1.72. The van der Waals surface area contributed by atoms with Gasteiger partial charge in [0.25, 0.3) is 0 Å². The highest BCUT2D eigenvalue weighted by molar-refractivity contribution is 6.03. The van der Waals surface area contributed by atoms with Crippen LogP contribution in [-0.2, 0) is 14.4 Å². The Labute approximate surface area is 118 Å². The highest BCUT2D eigenvalue weighted by Crippen LogP contribution is 2.24. The minimum atomic E-state index is -1.05. The Kier molecular flexibility index (Phi) is 5.42. The maximum Gasteiger partial charge on any atom is 0.249 e. The molecule has 2 N–H and O–H groups in total.